The number of rotatable bonds is 8. The number of carbonyl (C=O) groups is 1. The summed E-state index contributed by atoms with van der Waals surface area (Å²) in [6.45, 7) is 1.79. The summed E-state index contributed by atoms with van der Waals surface area (Å²) in [5.74, 6) is -0.289. The monoisotopic (exact) mass is 426 g/mol. The van der Waals surface area contributed by atoms with Crippen molar-refractivity contribution in [3.8, 4) is 0 Å². The second kappa shape index (κ2) is 9.90. The van der Waals surface area contributed by atoms with Crippen LogP contribution in [0.3, 0.4) is 0 Å². The van der Waals surface area contributed by atoms with Gasteiger partial charge in [-0.2, -0.15) is 0 Å². The fraction of sp³-hybridized carbons (Fsp3) is 0.211. The number of carbonyl (C=O) groups excluding carboxylic acids is 1. The first-order valence-electron chi connectivity index (χ1n) is 8.24. The molecule has 0 bridgehead atoms. The van der Waals surface area contributed by atoms with E-state index in [-0.39, 0.29) is 24.9 Å². The lowest BCUT2D eigenvalue weighted by Crippen LogP contribution is -2.31. The molecule has 0 aromatic heterocycles. The maximum absolute atomic E-state index is 12.0. The lowest BCUT2D eigenvalue weighted by atomic mass is 10.1. The Morgan fingerprint density at radius 1 is 1.15 bits per heavy atom. The number of sulfonamides is 1. The summed E-state index contributed by atoms with van der Waals surface area (Å²) < 4.78 is 26.3. The van der Waals surface area contributed by atoms with Crippen molar-refractivity contribution in [3.63, 3.8) is 0 Å². The molecular formula is C19H20Cl2N2O3S. The zero-order chi connectivity index (χ0) is 19.9. The van der Waals surface area contributed by atoms with E-state index in [1.807, 2.05) is 18.2 Å². The van der Waals surface area contributed by atoms with Crippen LogP contribution in [-0.4, -0.2) is 20.9 Å². The average Bonchev–Trinajstić information content (AvgIpc) is 2.60. The zero-order valence-electron chi connectivity index (χ0n) is 14.7. The van der Waals surface area contributed by atoms with E-state index in [2.05, 4.69) is 10.0 Å². The van der Waals surface area contributed by atoms with Crippen molar-refractivity contribution < 1.29 is 13.2 Å². The Balaban J connectivity index is 1.82. The van der Waals surface area contributed by atoms with Crippen molar-refractivity contribution in [1.82, 2.24) is 10.0 Å². The van der Waals surface area contributed by atoms with Gasteiger partial charge in [-0.15, -0.1) is 0 Å². The topological polar surface area (TPSA) is 75.3 Å². The third kappa shape index (κ3) is 7.34. The van der Waals surface area contributed by atoms with Crippen LogP contribution in [0.1, 0.15) is 30.5 Å². The lowest BCUT2D eigenvalue weighted by molar-refractivity contribution is -0.121. The fourth-order valence-electron chi connectivity index (χ4n) is 2.33. The molecule has 5 nitrogen and oxygen atoms in total. The summed E-state index contributed by atoms with van der Waals surface area (Å²) in [6, 6.07) is 13.8. The lowest BCUT2D eigenvalue weighted by Gasteiger charge is -2.16. The third-order valence-corrected chi connectivity index (χ3v) is 5.36. The molecule has 0 aliphatic rings. The Morgan fingerprint density at radius 3 is 2.52 bits per heavy atom. The molecule has 0 saturated heterocycles. The van der Waals surface area contributed by atoms with Crippen LogP contribution < -0.4 is 10.0 Å². The van der Waals surface area contributed by atoms with Crippen LogP contribution in [0.25, 0.3) is 6.08 Å². The molecule has 2 N–H and O–H groups in total. The van der Waals surface area contributed by atoms with Crippen LogP contribution in [0.5, 0.6) is 0 Å². The van der Waals surface area contributed by atoms with E-state index in [4.69, 9.17) is 23.2 Å². The highest BCUT2D eigenvalue weighted by atomic mass is 35.5. The van der Waals surface area contributed by atoms with Crippen molar-refractivity contribution in [2.24, 2.45) is 0 Å². The van der Waals surface area contributed by atoms with Gasteiger partial charge in [-0.05, 0) is 36.3 Å². The quantitative estimate of drug-likeness (QED) is 0.665. The van der Waals surface area contributed by atoms with Gasteiger partial charge < -0.3 is 5.32 Å². The van der Waals surface area contributed by atoms with E-state index >= 15 is 0 Å². The highest BCUT2D eigenvalue weighted by molar-refractivity contribution is 7.92. The minimum atomic E-state index is -3.61. The van der Waals surface area contributed by atoms with Gasteiger partial charge >= 0.3 is 0 Å². The molecule has 2 aromatic carbocycles. The largest absolute Gasteiger partial charge is 0.349 e. The van der Waals surface area contributed by atoms with Gasteiger partial charge in [0.25, 0.3) is 0 Å². The standard InChI is InChI=1S/C19H20Cl2N2O3S/c1-14(17-8-7-16(20)13-18(17)21)23-19(24)9-11-22-27(25,26)12-10-15-5-3-2-4-6-15/h2-8,10,12-14,22H,9,11H2,1H3,(H,23,24)/b12-10+. The van der Waals surface area contributed by atoms with E-state index in [9.17, 15) is 13.2 Å². The summed E-state index contributed by atoms with van der Waals surface area (Å²) in [7, 11) is -3.61. The molecule has 0 heterocycles. The number of amides is 1. The summed E-state index contributed by atoms with van der Waals surface area (Å²) >= 11 is 12.0. The molecule has 2 aromatic rings. The van der Waals surface area contributed by atoms with E-state index in [0.717, 1.165) is 16.5 Å². The maximum Gasteiger partial charge on any atom is 0.233 e. The highest BCUT2D eigenvalue weighted by Gasteiger charge is 2.13. The van der Waals surface area contributed by atoms with Crippen LogP contribution in [-0.2, 0) is 14.8 Å². The molecule has 144 valence electrons. The third-order valence-electron chi connectivity index (χ3n) is 3.70. The minimum absolute atomic E-state index is 0.00559. The molecule has 2 rings (SSSR count). The van der Waals surface area contributed by atoms with Gasteiger partial charge in [0.2, 0.25) is 15.9 Å². The van der Waals surface area contributed by atoms with Crippen LogP contribution in [0, 0.1) is 0 Å². The normalized spacial score (nSPS) is 12.9. The van der Waals surface area contributed by atoms with E-state index in [1.165, 1.54) is 6.08 Å². The smallest absolute Gasteiger partial charge is 0.233 e. The van der Waals surface area contributed by atoms with Crippen molar-refractivity contribution in [2.75, 3.05) is 6.54 Å². The van der Waals surface area contributed by atoms with Crippen LogP contribution in [0.2, 0.25) is 10.0 Å². The van der Waals surface area contributed by atoms with E-state index in [1.54, 1.807) is 37.3 Å². The van der Waals surface area contributed by atoms with Gasteiger partial charge in [-0.25, -0.2) is 13.1 Å². The molecule has 0 aliphatic heterocycles. The molecule has 0 saturated carbocycles. The SMILES string of the molecule is CC(NC(=O)CCNS(=O)(=O)/C=C/c1ccccc1)c1ccc(Cl)cc1Cl. The van der Waals surface area contributed by atoms with Crippen LogP contribution in [0.4, 0.5) is 0 Å². The highest BCUT2D eigenvalue weighted by Crippen LogP contribution is 2.26. The van der Waals surface area contributed by atoms with Crippen molar-refractivity contribution in [3.05, 3.63) is 75.1 Å². The molecule has 1 atom stereocenters. The summed E-state index contributed by atoms with van der Waals surface area (Å²) in [5, 5.41) is 4.84. The molecule has 0 fully saturated rings. The fourth-order valence-corrected chi connectivity index (χ4v) is 3.72. The van der Waals surface area contributed by atoms with Crippen LogP contribution in [0.15, 0.2) is 53.9 Å². The molecule has 0 spiro atoms. The number of benzene rings is 2. The Morgan fingerprint density at radius 2 is 1.85 bits per heavy atom. The van der Waals surface area contributed by atoms with E-state index in [0.29, 0.717) is 10.0 Å². The van der Waals surface area contributed by atoms with Gasteiger partial charge in [-0.1, -0.05) is 59.6 Å². The predicted octanol–water partition coefficient (Wildman–Crippen LogP) is 4.15. The second-order valence-electron chi connectivity index (χ2n) is 5.86. The van der Waals surface area contributed by atoms with E-state index < -0.39 is 10.0 Å². The average molecular weight is 427 g/mol. The summed E-state index contributed by atoms with van der Waals surface area (Å²) in [5.41, 5.74) is 1.51. The first kappa shape index (κ1) is 21.4. The minimum Gasteiger partial charge on any atom is -0.349 e. The zero-order valence-corrected chi connectivity index (χ0v) is 17.0. The Kier molecular flexibility index (Phi) is 7.86. The maximum atomic E-state index is 12.0. The van der Waals surface area contributed by atoms with Crippen molar-refractivity contribution in [2.45, 2.75) is 19.4 Å². The first-order valence-corrected chi connectivity index (χ1v) is 10.5. The first-order chi connectivity index (χ1) is 12.8. The molecule has 1 unspecified atom stereocenters. The van der Waals surface area contributed by atoms with Gasteiger partial charge in [0.05, 0.1) is 6.04 Å². The molecule has 8 heteroatoms. The molecule has 27 heavy (non-hydrogen) atoms. The number of halogens is 2. The molecular weight excluding hydrogens is 407 g/mol. The van der Waals surface area contributed by atoms with Gasteiger partial charge in [0.15, 0.2) is 0 Å². The van der Waals surface area contributed by atoms with Gasteiger partial charge in [-0.3, -0.25) is 4.79 Å². The molecule has 0 radical (unpaired) electrons. The number of hydrogen-bond acceptors (Lipinski definition) is 3. The Hall–Kier alpha value is -1.86. The summed E-state index contributed by atoms with van der Waals surface area (Å²) in [6.07, 6.45) is 1.50. The Labute approximate surface area is 169 Å². The van der Waals surface area contributed by atoms with Crippen molar-refractivity contribution >= 4 is 45.2 Å². The Bertz CT molecular complexity index is 916. The van der Waals surface area contributed by atoms with Gasteiger partial charge in [0, 0.05) is 28.4 Å². The molecule has 0 aliphatic carbocycles. The number of nitrogens with one attached hydrogen (secondary N) is 2. The van der Waals surface area contributed by atoms with Crippen LogP contribution >= 0.6 is 23.2 Å². The number of hydrogen-bond donors (Lipinski definition) is 2. The van der Waals surface area contributed by atoms with Crippen molar-refractivity contribution in [1.29, 1.82) is 0 Å². The second-order valence-corrected chi connectivity index (χ2v) is 8.35. The van der Waals surface area contributed by atoms with Gasteiger partial charge in [0.1, 0.15) is 0 Å². The summed E-state index contributed by atoms with van der Waals surface area (Å²) in [4.78, 5) is 12.0. The molecule has 1 amide bonds. The predicted molar refractivity (Wildman–Crippen MR) is 110 cm³/mol.